The molecule has 0 fully saturated rings. The minimum Gasteiger partial charge on any atom is -0.507 e. The van der Waals surface area contributed by atoms with Crippen LogP contribution in [0.15, 0.2) is 18.2 Å². The number of alkyl halides is 2. The number of hydrogen-bond donors (Lipinski definition) is 2. The van der Waals surface area contributed by atoms with Gasteiger partial charge in [-0.05, 0) is 12.5 Å². The summed E-state index contributed by atoms with van der Waals surface area (Å²) in [6, 6.07) is 5.50. The zero-order valence-electron chi connectivity index (χ0n) is 9.75. The summed E-state index contributed by atoms with van der Waals surface area (Å²) in [6.07, 6.45) is -2.42. The van der Waals surface area contributed by atoms with Crippen LogP contribution >= 0.6 is 0 Å². The molecule has 0 saturated heterocycles. The van der Waals surface area contributed by atoms with E-state index in [1.54, 1.807) is 0 Å². The Kier molecular flexibility index (Phi) is 5.86. The molecule has 1 rings (SSSR count). The average molecular weight is 245 g/mol. The highest BCUT2D eigenvalue weighted by Gasteiger charge is 2.03. The number of phenolic OH excluding ortho intramolecular Hbond substituents is 1. The molecule has 0 radical (unpaired) electrons. The van der Waals surface area contributed by atoms with Crippen LogP contribution in [-0.2, 0) is 11.3 Å². The van der Waals surface area contributed by atoms with Crippen molar-refractivity contribution in [3.63, 3.8) is 0 Å². The fourth-order valence-corrected chi connectivity index (χ4v) is 1.40. The summed E-state index contributed by atoms with van der Waals surface area (Å²) in [5.41, 5.74) is 1.61. The molecule has 0 bridgehead atoms. The summed E-state index contributed by atoms with van der Waals surface area (Å²) in [5.74, 6) is 0.272. The van der Waals surface area contributed by atoms with Crippen LogP contribution in [0.4, 0.5) is 8.78 Å². The molecule has 0 aliphatic heterocycles. The third-order valence-electron chi connectivity index (χ3n) is 2.30. The number of aromatic hydroxyl groups is 1. The number of benzene rings is 1. The van der Waals surface area contributed by atoms with Gasteiger partial charge in [0, 0.05) is 18.7 Å². The van der Waals surface area contributed by atoms with E-state index < -0.39 is 13.0 Å². The van der Waals surface area contributed by atoms with Gasteiger partial charge in [-0.1, -0.05) is 18.2 Å². The molecule has 5 heteroatoms. The van der Waals surface area contributed by atoms with Crippen molar-refractivity contribution in [2.45, 2.75) is 19.9 Å². The molecular weight excluding hydrogens is 228 g/mol. The van der Waals surface area contributed by atoms with E-state index in [1.807, 2.05) is 25.1 Å². The molecule has 0 unspecified atom stereocenters. The Morgan fingerprint density at radius 2 is 2.18 bits per heavy atom. The third-order valence-corrected chi connectivity index (χ3v) is 2.30. The van der Waals surface area contributed by atoms with Gasteiger partial charge < -0.3 is 15.2 Å². The van der Waals surface area contributed by atoms with Crippen molar-refractivity contribution in [1.29, 1.82) is 0 Å². The van der Waals surface area contributed by atoms with Crippen LogP contribution in [0, 0.1) is 6.92 Å². The van der Waals surface area contributed by atoms with E-state index in [0.717, 1.165) is 11.1 Å². The first kappa shape index (κ1) is 13.9. The van der Waals surface area contributed by atoms with Crippen molar-refractivity contribution in [3.8, 4) is 5.75 Å². The average Bonchev–Trinajstić information content (AvgIpc) is 2.28. The molecule has 0 spiro atoms. The van der Waals surface area contributed by atoms with E-state index in [-0.39, 0.29) is 12.4 Å². The summed E-state index contributed by atoms with van der Waals surface area (Å²) in [4.78, 5) is 0. The molecule has 0 aliphatic carbocycles. The first-order valence-electron chi connectivity index (χ1n) is 5.45. The van der Waals surface area contributed by atoms with Crippen LogP contribution in [0.25, 0.3) is 0 Å². The van der Waals surface area contributed by atoms with Gasteiger partial charge in [-0.3, -0.25) is 0 Å². The largest absolute Gasteiger partial charge is 0.507 e. The lowest BCUT2D eigenvalue weighted by atomic mass is 10.1. The van der Waals surface area contributed by atoms with Crippen molar-refractivity contribution in [3.05, 3.63) is 29.3 Å². The normalized spacial score (nSPS) is 11.1. The Labute approximate surface area is 99.4 Å². The molecule has 0 aliphatic rings. The number of ether oxygens (including phenoxy) is 1. The zero-order valence-corrected chi connectivity index (χ0v) is 9.75. The predicted octanol–water partition coefficient (Wildman–Crippen LogP) is 2.07. The maximum atomic E-state index is 11.7. The summed E-state index contributed by atoms with van der Waals surface area (Å²) in [7, 11) is 0. The standard InChI is InChI=1S/C12H17F2NO2/c1-9-3-2-4-10(12(9)16)7-15-5-6-17-8-11(13)14/h2-4,11,15-16H,5-8H2,1H3. The van der Waals surface area contributed by atoms with Crippen molar-refractivity contribution >= 4 is 0 Å². The van der Waals surface area contributed by atoms with Crippen LogP contribution in [0.3, 0.4) is 0 Å². The second-order valence-electron chi connectivity index (χ2n) is 3.73. The molecule has 96 valence electrons. The van der Waals surface area contributed by atoms with E-state index in [4.69, 9.17) is 4.74 Å². The van der Waals surface area contributed by atoms with Gasteiger partial charge in [-0.15, -0.1) is 0 Å². The molecule has 0 amide bonds. The molecule has 17 heavy (non-hydrogen) atoms. The highest BCUT2D eigenvalue weighted by Crippen LogP contribution is 2.20. The van der Waals surface area contributed by atoms with Gasteiger partial charge in [0.15, 0.2) is 0 Å². The Morgan fingerprint density at radius 1 is 1.41 bits per heavy atom. The Morgan fingerprint density at radius 3 is 2.88 bits per heavy atom. The molecule has 2 N–H and O–H groups in total. The summed E-state index contributed by atoms with van der Waals surface area (Å²) >= 11 is 0. The van der Waals surface area contributed by atoms with Gasteiger partial charge in [-0.25, -0.2) is 8.78 Å². The number of para-hydroxylation sites is 1. The smallest absolute Gasteiger partial charge is 0.261 e. The Bertz CT molecular complexity index is 345. The second kappa shape index (κ2) is 7.19. The Balaban J connectivity index is 2.20. The van der Waals surface area contributed by atoms with Crippen molar-refractivity contribution in [2.24, 2.45) is 0 Å². The first-order chi connectivity index (χ1) is 8.11. The summed E-state index contributed by atoms with van der Waals surface area (Å²) in [6.45, 7) is 2.49. The van der Waals surface area contributed by atoms with Gasteiger partial charge >= 0.3 is 0 Å². The Hall–Kier alpha value is -1.20. The summed E-state index contributed by atoms with van der Waals surface area (Å²) in [5, 5.41) is 12.7. The number of nitrogens with one attached hydrogen (secondary N) is 1. The third kappa shape index (κ3) is 5.10. The van der Waals surface area contributed by atoms with Crippen LogP contribution < -0.4 is 5.32 Å². The van der Waals surface area contributed by atoms with Gasteiger partial charge in [0.2, 0.25) is 0 Å². The molecule has 0 heterocycles. The maximum Gasteiger partial charge on any atom is 0.261 e. The fraction of sp³-hybridized carbons (Fsp3) is 0.500. The topological polar surface area (TPSA) is 41.5 Å². The number of rotatable bonds is 7. The minimum absolute atomic E-state index is 0.233. The second-order valence-corrected chi connectivity index (χ2v) is 3.73. The van der Waals surface area contributed by atoms with Crippen LogP contribution in [0.1, 0.15) is 11.1 Å². The first-order valence-corrected chi connectivity index (χ1v) is 5.45. The minimum atomic E-state index is -2.42. The highest BCUT2D eigenvalue weighted by atomic mass is 19.3. The zero-order chi connectivity index (χ0) is 12.7. The monoisotopic (exact) mass is 245 g/mol. The van der Waals surface area contributed by atoms with Crippen molar-refractivity contribution in [1.82, 2.24) is 5.32 Å². The fourth-order valence-electron chi connectivity index (χ4n) is 1.40. The molecule has 1 aromatic rings. The summed E-state index contributed by atoms with van der Waals surface area (Å²) < 4.78 is 28.2. The number of halogens is 2. The number of hydrogen-bond acceptors (Lipinski definition) is 3. The predicted molar refractivity (Wildman–Crippen MR) is 61.4 cm³/mol. The molecule has 0 saturated carbocycles. The van der Waals surface area contributed by atoms with Gasteiger partial charge in [0.05, 0.1) is 6.61 Å². The number of phenols is 1. The molecule has 0 aromatic heterocycles. The van der Waals surface area contributed by atoms with Gasteiger partial charge in [0.1, 0.15) is 12.4 Å². The highest BCUT2D eigenvalue weighted by molar-refractivity contribution is 5.39. The lowest BCUT2D eigenvalue weighted by Crippen LogP contribution is -2.20. The van der Waals surface area contributed by atoms with Gasteiger partial charge in [-0.2, -0.15) is 0 Å². The lowest BCUT2D eigenvalue weighted by molar-refractivity contribution is 0.0187. The molecule has 3 nitrogen and oxygen atoms in total. The van der Waals surface area contributed by atoms with Crippen molar-refractivity contribution in [2.75, 3.05) is 19.8 Å². The maximum absolute atomic E-state index is 11.7. The van der Waals surface area contributed by atoms with E-state index in [1.165, 1.54) is 0 Å². The van der Waals surface area contributed by atoms with E-state index in [9.17, 15) is 13.9 Å². The molecule has 0 atom stereocenters. The van der Waals surface area contributed by atoms with Crippen LogP contribution in [0.5, 0.6) is 5.75 Å². The van der Waals surface area contributed by atoms with E-state index in [0.29, 0.717) is 13.1 Å². The molecular formula is C12H17F2NO2. The van der Waals surface area contributed by atoms with Crippen molar-refractivity contribution < 1.29 is 18.6 Å². The number of aryl methyl sites for hydroxylation is 1. The lowest BCUT2D eigenvalue weighted by Gasteiger charge is -2.08. The quantitative estimate of drug-likeness (QED) is 0.723. The van der Waals surface area contributed by atoms with Crippen LogP contribution in [-0.4, -0.2) is 31.3 Å². The van der Waals surface area contributed by atoms with Gasteiger partial charge in [0.25, 0.3) is 6.43 Å². The van der Waals surface area contributed by atoms with Crippen LogP contribution in [0.2, 0.25) is 0 Å². The molecule has 1 aromatic carbocycles. The van der Waals surface area contributed by atoms with E-state index in [2.05, 4.69) is 5.32 Å². The van der Waals surface area contributed by atoms with E-state index >= 15 is 0 Å². The SMILES string of the molecule is Cc1cccc(CNCCOCC(F)F)c1O.